The number of fused-ring (bicyclic) bond motifs is 1. The first-order valence-corrected chi connectivity index (χ1v) is 9.05. The van der Waals surface area contributed by atoms with Crippen molar-refractivity contribution in [3.05, 3.63) is 81.6 Å². The lowest BCUT2D eigenvalue weighted by Gasteiger charge is -2.10. The fourth-order valence-corrected chi connectivity index (χ4v) is 3.11. The third-order valence-electron chi connectivity index (χ3n) is 4.44. The van der Waals surface area contributed by atoms with E-state index < -0.39 is 40.6 Å². The van der Waals surface area contributed by atoms with Crippen molar-refractivity contribution in [1.82, 2.24) is 4.98 Å². The average molecular weight is 453 g/mol. The number of carbonyl (C=O) groups is 1. The first-order valence-electron chi connectivity index (χ1n) is 8.67. The molecule has 0 aliphatic heterocycles. The molecule has 4 rings (SSSR count). The third kappa shape index (κ3) is 3.61. The molecule has 3 aromatic carbocycles. The van der Waals surface area contributed by atoms with Crippen LogP contribution in [0.5, 0.6) is 0 Å². The van der Waals surface area contributed by atoms with Crippen LogP contribution < -0.4 is 5.32 Å². The van der Waals surface area contributed by atoms with Crippen LogP contribution in [-0.4, -0.2) is 10.9 Å². The van der Waals surface area contributed by atoms with Gasteiger partial charge in [0.2, 0.25) is 11.7 Å². The lowest BCUT2D eigenvalue weighted by molar-refractivity contribution is 0.101. The molecule has 0 saturated heterocycles. The van der Waals surface area contributed by atoms with Gasteiger partial charge in [0.15, 0.2) is 28.9 Å². The standard InChI is InChI=1S/C21H10ClF5N2O2/c1-8-2-5-12-13(6-8)31-21(29-12)10-7-9(3-4-11(10)22)28-20(30)14-15(23)17(25)19(27)18(26)16(14)24/h2-7H,1H3,(H,28,30). The van der Waals surface area contributed by atoms with Gasteiger partial charge in [-0.3, -0.25) is 4.79 Å². The van der Waals surface area contributed by atoms with Gasteiger partial charge < -0.3 is 9.73 Å². The van der Waals surface area contributed by atoms with Gasteiger partial charge in [0.05, 0.1) is 10.6 Å². The highest BCUT2D eigenvalue weighted by atomic mass is 35.5. The topological polar surface area (TPSA) is 55.1 Å². The molecule has 0 aliphatic rings. The molecule has 1 aromatic heterocycles. The Balaban J connectivity index is 1.72. The first-order chi connectivity index (χ1) is 14.7. The van der Waals surface area contributed by atoms with Crippen molar-refractivity contribution in [2.45, 2.75) is 6.92 Å². The number of hydrogen-bond acceptors (Lipinski definition) is 3. The van der Waals surface area contributed by atoms with Crippen LogP contribution >= 0.6 is 11.6 Å². The second-order valence-corrected chi connectivity index (χ2v) is 6.99. The zero-order chi connectivity index (χ0) is 22.4. The summed E-state index contributed by atoms with van der Waals surface area (Å²) >= 11 is 6.18. The van der Waals surface area contributed by atoms with E-state index in [0.717, 1.165) is 5.56 Å². The summed E-state index contributed by atoms with van der Waals surface area (Å²) in [7, 11) is 0. The Labute approximate surface area is 176 Å². The van der Waals surface area contributed by atoms with E-state index in [9.17, 15) is 26.7 Å². The summed E-state index contributed by atoms with van der Waals surface area (Å²) in [4.78, 5) is 16.6. The Kier molecular flexibility index (Phi) is 5.14. The van der Waals surface area contributed by atoms with E-state index in [1.807, 2.05) is 13.0 Å². The van der Waals surface area contributed by atoms with Crippen molar-refractivity contribution in [1.29, 1.82) is 0 Å². The molecule has 10 heteroatoms. The van der Waals surface area contributed by atoms with Gasteiger partial charge in [-0.25, -0.2) is 26.9 Å². The fraction of sp³-hybridized carbons (Fsp3) is 0.0476. The summed E-state index contributed by atoms with van der Waals surface area (Å²) in [6.45, 7) is 1.87. The SMILES string of the molecule is Cc1ccc2nc(-c3cc(NC(=O)c4c(F)c(F)c(F)c(F)c4F)ccc3Cl)oc2c1. The Hall–Kier alpha value is -3.46. The summed E-state index contributed by atoms with van der Waals surface area (Å²) in [6, 6.07) is 9.25. The average Bonchev–Trinajstić information content (AvgIpc) is 3.15. The Morgan fingerprint density at radius 3 is 2.26 bits per heavy atom. The number of hydrogen-bond donors (Lipinski definition) is 1. The highest BCUT2D eigenvalue weighted by molar-refractivity contribution is 6.33. The van der Waals surface area contributed by atoms with Gasteiger partial charge >= 0.3 is 0 Å². The van der Waals surface area contributed by atoms with Gasteiger partial charge in [-0.15, -0.1) is 0 Å². The van der Waals surface area contributed by atoms with Gasteiger partial charge in [-0.1, -0.05) is 17.7 Å². The van der Waals surface area contributed by atoms with E-state index in [1.165, 1.54) is 18.2 Å². The van der Waals surface area contributed by atoms with Crippen molar-refractivity contribution in [3.8, 4) is 11.5 Å². The highest BCUT2D eigenvalue weighted by Gasteiger charge is 2.30. The maximum atomic E-state index is 13.9. The minimum absolute atomic E-state index is 0.0354. The molecular formula is C21H10ClF5N2O2. The Morgan fingerprint density at radius 1 is 0.935 bits per heavy atom. The molecule has 158 valence electrons. The summed E-state index contributed by atoms with van der Waals surface area (Å²) < 4.78 is 73.4. The molecule has 1 heterocycles. The molecule has 0 aliphatic carbocycles. The second-order valence-electron chi connectivity index (χ2n) is 6.58. The predicted octanol–water partition coefficient (Wildman–Crippen LogP) is 6.40. The lowest BCUT2D eigenvalue weighted by Crippen LogP contribution is -2.19. The van der Waals surface area contributed by atoms with Crippen molar-refractivity contribution in [2.24, 2.45) is 0 Å². The number of benzene rings is 3. The van der Waals surface area contributed by atoms with Crippen LogP contribution in [-0.2, 0) is 0 Å². The number of halogens is 6. The zero-order valence-corrected chi connectivity index (χ0v) is 16.3. The van der Waals surface area contributed by atoms with E-state index in [0.29, 0.717) is 11.1 Å². The Morgan fingerprint density at radius 2 is 1.58 bits per heavy atom. The quantitative estimate of drug-likeness (QED) is 0.222. The molecule has 0 unspecified atom stereocenters. The summed E-state index contributed by atoms with van der Waals surface area (Å²) in [6.07, 6.45) is 0. The molecule has 0 fully saturated rings. The fourth-order valence-electron chi connectivity index (χ4n) is 2.91. The molecule has 1 N–H and O–H groups in total. The number of aryl methyl sites for hydroxylation is 1. The first kappa shape index (κ1) is 20.8. The number of carbonyl (C=O) groups excluding carboxylic acids is 1. The maximum Gasteiger partial charge on any atom is 0.261 e. The Bertz CT molecular complexity index is 1340. The number of nitrogens with one attached hydrogen (secondary N) is 1. The van der Waals surface area contributed by atoms with Gasteiger partial charge in [-0.2, -0.15) is 0 Å². The van der Waals surface area contributed by atoms with Crippen molar-refractivity contribution < 1.29 is 31.2 Å². The van der Waals surface area contributed by atoms with Crippen molar-refractivity contribution >= 4 is 34.3 Å². The van der Waals surface area contributed by atoms with Crippen LogP contribution in [0.3, 0.4) is 0 Å². The molecular weight excluding hydrogens is 443 g/mol. The minimum atomic E-state index is -2.36. The number of rotatable bonds is 3. The predicted molar refractivity (Wildman–Crippen MR) is 103 cm³/mol. The number of nitrogens with zero attached hydrogens (tertiary/aromatic N) is 1. The molecule has 0 bridgehead atoms. The number of amides is 1. The molecule has 0 atom stereocenters. The van der Waals surface area contributed by atoms with Gasteiger partial charge in [0.1, 0.15) is 11.1 Å². The van der Waals surface area contributed by atoms with Crippen LogP contribution in [0.2, 0.25) is 5.02 Å². The normalized spacial score (nSPS) is 11.2. The van der Waals surface area contributed by atoms with Gasteiger partial charge in [0.25, 0.3) is 5.91 Å². The van der Waals surface area contributed by atoms with Crippen LogP contribution in [0.25, 0.3) is 22.6 Å². The molecule has 1 amide bonds. The van der Waals surface area contributed by atoms with Gasteiger partial charge in [0, 0.05) is 5.69 Å². The number of anilines is 1. The van der Waals surface area contributed by atoms with E-state index in [4.69, 9.17) is 16.0 Å². The molecule has 0 radical (unpaired) electrons. The highest BCUT2D eigenvalue weighted by Crippen LogP contribution is 2.33. The van der Waals surface area contributed by atoms with Crippen LogP contribution in [0, 0.1) is 36.0 Å². The third-order valence-corrected chi connectivity index (χ3v) is 4.77. The molecule has 4 nitrogen and oxygen atoms in total. The van der Waals surface area contributed by atoms with Crippen LogP contribution in [0.15, 0.2) is 40.8 Å². The number of oxazole rings is 1. The maximum absolute atomic E-state index is 13.9. The molecule has 0 spiro atoms. The van der Waals surface area contributed by atoms with Gasteiger partial charge in [-0.05, 0) is 42.8 Å². The summed E-state index contributed by atoms with van der Waals surface area (Å²) in [5.41, 5.74) is 0.572. The largest absolute Gasteiger partial charge is 0.436 e. The summed E-state index contributed by atoms with van der Waals surface area (Å²) in [5.74, 6) is -12.7. The van der Waals surface area contributed by atoms with E-state index >= 15 is 0 Å². The smallest absolute Gasteiger partial charge is 0.261 e. The van der Waals surface area contributed by atoms with Crippen LogP contribution in [0.1, 0.15) is 15.9 Å². The van der Waals surface area contributed by atoms with Crippen molar-refractivity contribution in [2.75, 3.05) is 5.32 Å². The molecule has 4 aromatic rings. The number of aromatic nitrogens is 1. The minimum Gasteiger partial charge on any atom is -0.436 e. The van der Waals surface area contributed by atoms with Crippen molar-refractivity contribution in [3.63, 3.8) is 0 Å². The second kappa shape index (κ2) is 7.66. The molecule has 31 heavy (non-hydrogen) atoms. The van der Waals surface area contributed by atoms with E-state index in [2.05, 4.69) is 10.3 Å². The summed E-state index contributed by atoms with van der Waals surface area (Å²) in [5, 5.41) is 2.28. The lowest BCUT2D eigenvalue weighted by atomic mass is 10.1. The monoisotopic (exact) mass is 452 g/mol. The van der Waals surface area contributed by atoms with E-state index in [1.54, 1.807) is 12.1 Å². The van der Waals surface area contributed by atoms with Crippen LogP contribution in [0.4, 0.5) is 27.6 Å². The molecule has 0 saturated carbocycles. The van der Waals surface area contributed by atoms with E-state index in [-0.39, 0.29) is 22.2 Å². The zero-order valence-electron chi connectivity index (χ0n) is 15.5.